The normalized spacial score (nSPS) is 21.6. The highest BCUT2D eigenvalue weighted by Crippen LogP contribution is 2.30. The van der Waals surface area contributed by atoms with E-state index in [9.17, 15) is 18.8 Å². The molecule has 0 unspecified atom stereocenters. The third-order valence-electron chi connectivity index (χ3n) is 4.12. The van der Waals surface area contributed by atoms with Crippen LogP contribution in [0.25, 0.3) is 0 Å². The molecule has 24 heavy (non-hydrogen) atoms. The van der Waals surface area contributed by atoms with E-state index in [-0.39, 0.29) is 18.2 Å². The molecule has 1 aromatic carbocycles. The SMILES string of the molecule is CCC[C@@H](C)NC(=O)CN1C(=O)N[C@@](C)(c2ccccc2F)C1=O. The van der Waals surface area contributed by atoms with Crippen molar-refractivity contribution in [2.75, 3.05) is 6.54 Å². The minimum atomic E-state index is -1.52. The van der Waals surface area contributed by atoms with Gasteiger partial charge in [-0.05, 0) is 26.3 Å². The average molecular weight is 335 g/mol. The molecule has 1 aromatic rings. The summed E-state index contributed by atoms with van der Waals surface area (Å²) in [6, 6.07) is 5.02. The lowest BCUT2D eigenvalue weighted by Crippen LogP contribution is -2.45. The fraction of sp³-hybridized carbons (Fsp3) is 0.471. The van der Waals surface area contributed by atoms with Gasteiger partial charge >= 0.3 is 6.03 Å². The van der Waals surface area contributed by atoms with Crippen LogP contribution in [0.2, 0.25) is 0 Å². The lowest BCUT2D eigenvalue weighted by Gasteiger charge is -2.22. The number of nitrogens with one attached hydrogen (secondary N) is 2. The number of hydrogen-bond donors (Lipinski definition) is 2. The summed E-state index contributed by atoms with van der Waals surface area (Å²) in [7, 11) is 0. The molecular weight excluding hydrogens is 313 g/mol. The van der Waals surface area contributed by atoms with Gasteiger partial charge in [0.05, 0.1) is 0 Å². The quantitative estimate of drug-likeness (QED) is 0.779. The lowest BCUT2D eigenvalue weighted by molar-refractivity contribution is -0.135. The predicted molar refractivity (Wildman–Crippen MR) is 86.5 cm³/mol. The van der Waals surface area contributed by atoms with E-state index < -0.39 is 29.2 Å². The molecule has 2 atom stereocenters. The Morgan fingerprint density at radius 3 is 2.67 bits per heavy atom. The molecule has 1 fully saturated rings. The molecule has 0 radical (unpaired) electrons. The van der Waals surface area contributed by atoms with Crippen molar-refractivity contribution in [3.05, 3.63) is 35.6 Å². The molecular formula is C17H22FN3O3. The Morgan fingerprint density at radius 1 is 1.38 bits per heavy atom. The van der Waals surface area contributed by atoms with E-state index in [1.54, 1.807) is 6.07 Å². The molecule has 0 aliphatic carbocycles. The summed E-state index contributed by atoms with van der Waals surface area (Å²) >= 11 is 0. The first-order valence-corrected chi connectivity index (χ1v) is 7.98. The Morgan fingerprint density at radius 2 is 2.04 bits per heavy atom. The molecule has 1 heterocycles. The van der Waals surface area contributed by atoms with Crippen molar-refractivity contribution in [2.24, 2.45) is 0 Å². The third kappa shape index (κ3) is 3.39. The standard InChI is InChI=1S/C17H22FN3O3/c1-4-7-11(2)19-14(22)10-21-15(23)17(3,20-16(21)24)12-8-5-6-9-13(12)18/h5-6,8-9,11H,4,7,10H2,1-3H3,(H,19,22)(H,20,24)/t11-,17+/m1/s1. The zero-order valence-electron chi connectivity index (χ0n) is 14.1. The number of urea groups is 1. The highest BCUT2D eigenvalue weighted by molar-refractivity contribution is 6.09. The minimum Gasteiger partial charge on any atom is -0.352 e. The molecule has 1 aliphatic rings. The molecule has 7 heteroatoms. The van der Waals surface area contributed by atoms with E-state index in [1.165, 1.54) is 25.1 Å². The number of imide groups is 1. The van der Waals surface area contributed by atoms with Crippen LogP contribution in [0, 0.1) is 5.82 Å². The molecule has 130 valence electrons. The second kappa shape index (κ2) is 6.98. The van der Waals surface area contributed by atoms with Crippen LogP contribution in [-0.2, 0) is 15.1 Å². The van der Waals surface area contributed by atoms with E-state index in [4.69, 9.17) is 0 Å². The van der Waals surface area contributed by atoms with Gasteiger partial charge in [-0.15, -0.1) is 0 Å². The van der Waals surface area contributed by atoms with Crippen molar-refractivity contribution >= 4 is 17.8 Å². The van der Waals surface area contributed by atoms with Gasteiger partial charge in [-0.2, -0.15) is 0 Å². The molecule has 0 spiro atoms. The molecule has 2 rings (SSSR count). The smallest absolute Gasteiger partial charge is 0.325 e. The van der Waals surface area contributed by atoms with Gasteiger partial charge in [0, 0.05) is 11.6 Å². The van der Waals surface area contributed by atoms with Gasteiger partial charge in [-0.1, -0.05) is 31.5 Å². The van der Waals surface area contributed by atoms with E-state index in [0.717, 1.165) is 17.7 Å². The predicted octanol–water partition coefficient (Wildman–Crippen LogP) is 1.90. The van der Waals surface area contributed by atoms with Crippen LogP contribution >= 0.6 is 0 Å². The summed E-state index contributed by atoms with van der Waals surface area (Å²) in [5, 5.41) is 5.23. The summed E-state index contributed by atoms with van der Waals surface area (Å²) in [4.78, 5) is 37.6. The number of carbonyl (C=O) groups is 3. The van der Waals surface area contributed by atoms with Crippen LogP contribution in [0.3, 0.4) is 0 Å². The fourth-order valence-electron chi connectivity index (χ4n) is 2.86. The highest BCUT2D eigenvalue weighted by Gasteiger charge is 2.50. The maximum Gasteiger partial charge on any atom is 0.325 e. The van der Waals surface area contributed by atoms with Crippen LogP contribution in [0.4, 0.5) is 9.18 Å². The largest absolute Gasteiger partial charge is 0.352 e. The fourth-order valence-corrected chi connectivity index (χ4v) is 2.86. The summed E-state index contributed by atoms with van der Waals surface area (Å²) in [5.41, 5.74) is -1.44. The Labute approximate surface area is 140 Å². The number of carbonyl (C=O) groups excluding carboxylic acids is 3. The second-order valence-electron chi connectivity index (χ2n) is 6.18. The molecule has 1 aliphatic heterocycles. The van der Waals surface area contributed by atoms with Gasteiger partial charge < -0.3 is 10.6 Å². The monoisotopic (exact) mass is 335 g/mol. The van der Waals surface area contributed by atoms with Crippen molar-refractivity contribution in [3.8, 4) is 0 Å². The number of halogens is 1. The first-order valence-electron chi connectivity index (χ1n) is 7.98. The van der Waals surface area contributed by atoms with Crippen LogP contribution in [0.1, 0.15) is 39.2 Å². The van der Waals surface area contributed by atoms with E-state index >= 15 is 0 Å². The first-order chi connectivity index (χ1) is 11.3. The van der Waals surface area contributed by atoms with Crippen LogP contribution in [0.5, 0.6) is 0 Å². The molecule has 4 amide bonds. The van der Waals surface area contributed by atoms with Gasteiger partial charge in [0.15, 0.2) is 0 Å². The zero-order valence-corrected chi connectivity index (χ0v) is 14.1. The Bertz CT molecular complexity index is 664. The van der Waals surface area contributed by atoms with Crippen LogP contribution in [-0.4, -0.2) is 35.3 Å². The Hall–Kier alpha value is -2.44. The Kier molecular flexibility index (Phi) is 5.21. The number of hydrogen-bond acceptors (Lipinski definition) is 3. The summed E-state index contributed by atoms with van der Waals surface area (Å²) in [6.45, 7) is 4.91. The van der Waals surface area contributed by atoms with E-state index in [2.05, 4.69) is 10.6 Å². The van der Waals surface area contributed by atoms with Crippen molar-refractivity contribution in [3.63, 3.8) is 0 Å². The first kappa shape index (κ1) is 17.9. The highest BCUT2D eigenvalue weighted by atomic mass is 19.1. The third-order valence-corrected chi connectivity index (χ3v) is 4.12. The average Bonchev–Trinajstić information content (AvgIpc) is 2.72. The zero-order chi connectivity index (χ0) is 17.9. The van der Waals surface area contributed by atoms with E-state index in [1.807, 2.05) is 13.8 Å². The number of benzene rings is 1. The maximum atomic E-state index is 14.0. The molecule has 2 N–H and O–H groups in total. The Balaban J connectivity index is 2.14. The van der Waals surface area contributed by atoms with Crippen molar-refractivity contribution < 1.29 is 18.8 Å². The summed E-state index contributed by atoms with van der Waals surface area (Å²) in [6.07, 6.45) is 1.72. The summed E-state index contributed by atoms with van der Waals surface area (Å²) in [5.74, 6) is -1.65. The number of nitrogens with zero attached hydrogens (tertiary/aromatic N) is 1. The lowest BCUT2D eigenvalue weighted by atomic mass is 9.91. The number of rotatable bonds is 6. The van der Waals surface area contributed by atoms with Gasteiger partial charge in [0.2, 0.25) is 5.91 Å². The van der Waals surface area contributed by atoms with Gasteiger partial charge in [0.25, 0.3) is 5.91 Å². The molecule has 0 aromatic heterocycles. The van der Waals surface area contributed by atoms with Gasteiger partial charge in [-0.3, -0.25) is 14.5 Å². The van der Waals surface area contributed by atoms with E-state index in [0.29, 0.717) is 0 Å². The number of amides is 4. The molecule has 0 saturated carbocycles. The molecule has 0 bridgehead atoms. The van der Waals surface area contributed by atoms with Crippen LogP contribution in [0.15, 0.2) is 24.3 Å². The van der Waals surface area contributed by atoms with Gasteiger partial charge in [0.1, 0.15) is 17.9 Å². The van der Waals surface area contributed by atoms with Gasteiger partial charge in [-0.25, -0.2) is 9.18 Å². The topological polar surface area (TPSA) is 78.5 Å². The van der Waals surface area contributed by atoms with Crippen molar-refractivity contribution in [1.29, 1.82) is 0 Å². The minimum absolute atomic E-state index is 0.0405. The second-order valence-corrected chi connectivity index (χ2v) is 6.18. The van der Waals surface area contributed by atoms with Crippen LogP contribution < -0.4 is 10.6 Å². The maximum absolute atomic E-state index is 14.0. The van der Waals surface area contributed by atoms with Crippen molar-refractivity contribution in [1.82, 2.24) is 15.5 Å². The molecule has 6 nitrogen and oxygen atoms in total. The summed E-state index contributed by atoms with van der Waals surface area (Å²) < 4.78 is 14.0. The molecule has 1 saturated heterocycles. The van der Waals surface area contributed by atoms with Crippen molar-refractivity contribution in [2.45, 2.75) is 45.2 Å².